The SMILES string of the molecule is C/C(=N/NC(=O)c1ncn[nH]1)c1ccc(N=Cc2cc(Br)cc([N+](=O)[O-])c2O)cc1. The molecule has 30 heavy (non-hydrogen) atoms. The topological polar surface area (TPSA) is 159 Å². The van der Waals surface area contributed by atoms with Crippen molar-refractivity contribution < 1.29 is 14.8 Å². The second kappa shape index (κ2) is 9.05. The van der Waals surface area contributed by atoms with Gasteiger partial charge in [-0.1, -0.05) is 28.1 Å². The van der Waals surface area contributed by atoms with Gasteiger partial charge in [0.25, 0.3) is 0 Å². The Hall–Kier alpha value is -3.93. The highest BCUT2D eigenvalue weighted by atomic mass is 79.9. The smallest absolute Gasteiger partial charge is 0.312 e. The first-order valence-electron chi connectivity index (χ1n) is 8.36. The molecule has 0 aliphatic rings. The normalized spacial score (nSPS) is 11.6. The van der Waals surface area contributed by atoms with E-state index in [9.17, 15) is 20.0 Å². The zero-order valence-corrected chi connectivity index (χ0v) is 17.0. The van der Waals surface area contributed by atoms with Gasteiger partial charge in [-0.25, -0.2) is 10.4 Å². The molecule has 0 saturated carbocycles. The molecule has 152 valence electrons. The fourth-order valence-corrected chi connectivity index (χ4v) is 2.81. The number of amides is 1. The van der Waals surface area contributed by atoms with Crippen LogP contribution in [0, 0.1) is 10.1 Å². The molecule has 0 aliphatic carbocycles. The number of phenols is 1. The number of aliphatic imine (C=N–C) groups is 1. The maximum atomic E-state index is 11.8. The van der Waals surface area contributed by atoms with E-state index in [1.807, 2.05) is 0 Å². The Bertz CT molecular complexity index is 1140. The van der Waals surface area contributed by atoms with Gasteiger partial charge in [0.2, 0.25) is 11.6 Å². The molecule has 0 bridgehead atoms. The largest absolute Gasteiger partial charge is 0.502 e. The van der Waals surface area contributed by atoms with Crippen molar-refractivity contribution >= 4 is 45.1 Å². The molecule has 11 nitrogen and oxygen atoms in total. The molecule has 1 aromatic heterocycles. The van der Waals surface area contributed by atoms with Crippen molar-refractivity contribution in [3.8, 4) is 5.75 Å². The number of aromatic amines is 1. The maximum Gasteiger partial charge on any atom is 0.312 e. The third-order valence-corrected chi connectivity index (χ3v) is 4.33. The van der Waals surface area contributed by atoms with Crippen molar-refractivity contribution in [1.29, 1.82) is 0 Å². The lowest BCUT2D eigenvalue weighted by Crippen LogP contribution is -2.20. The van der Waals surface area contributed by atoms with E-state index < -0.39 is 22.3 Å². The molecule has 0 fully saturated rings. The first-order valence-corrected chi connectivity index (χ1v) is 9.16. The van der Waals surface area contributed by atoms with E-state index in [4.69, 9.17) is 0 Å². The Morgan fingerprint density at radius 2 is 2.07 bits per heavy atom. The first-order chi connectivity index (χ1) is 14.3. The minimum atomic E-state index is -0.671. The number of H-pyrrole nitrogens is 1. The molecule has 1 amide bonds. The van der Waals surface area contributed by atoms with E-state index >= 15 is 0 Å². The summed E-state index contributed by atoms with van der Waals surface area (Å²) in [6.07, 6.45) is 2.55. The van der Waals surface area contributed by atoms with Crippen LogP contribution in [-0.4, -0.2) is 43.0 Å². The second-order valence-electron chi connectivity index (χ2n) is 5.90. The van der Waals surface area contributed by atoms with Crippen molar-refractivity contribution in [1.82, 2.24) is 20.6 Å². The lowest BCUT2D eigenvalue weighted by molar-refractivity contribution is -0.385. The standard InChI is InChI=1S/C18H14BrN7O4/c1-10(23-25-18(28)17-21-9-22-24-17)11-2-4-14(5-3-11)20-8-12-6-13(19)7-15(16(12)27)26(29)30/h2-9,27H,1H3,(H,25,28)(H,21,22,24)/b20-8?,23-10-. The van der Waals surface area contributed by atoms with Crippen molar-refractivity contribution in [3.05, 3.63) is 74.3 Å². The lowest BCUT2D eigenvalue weighted by Gasteiger charge is -2.03. The summed E-state index contributed by atoms with van der Waals surface area (Å²) in [7, 11) is 0. The molecule has 3 aromatic rings. The van der Waals surface area contributed by atoms with Crippen LogP contribution in [0.25, 0.3) is 0 Å². The molecule has 2 aromatic carbocycles. The Kier molecular flexibility index (Phi) is 6.27. The number of nitrogens with one attached hydrogen (secondary N) is 2. The van der Waals surface area contributed by atoms with Gasteiger partial charge in [0.15, 0.2) is 0 Å². The van der Waals surface area contributed by atoms with Gasteiger partial charge in [0, 0.05) is 22.3 Å². The second-order valence-corrected chi connectivity index (χ2v) is 6.81. The molecular formula is C18H14BrN7O4. The minimum Gasteiger partial charge on any atom is -0.502 e. The van der Waals surface area contributed by atoms with Crippen LogP contribution in [0.15, 0.2) is 57.3 Å². The van der Waals surface area contributed by atoms with Crippen molar-refractivity contribution in [2.75, 3.05) is 0 Å². The van der Waals surface area contributed by atoms with E-state index in [0.29, 0.717) is 15.9 Å². The van der Waals surface area contributed by atoms with E-state index in [2.05, 4.69) is 46.6 Å². The molecule has 1 heterocycles. The summed E-state index contributed by atoms with van der Waals surface area (Å²) in [5, 5.41) is 31.1. The number of hydrazone groups is 1. The summed E-state index contributed by atoms with van der Waals surface area (Å²) in [4.78, 5) is 30.1. The number of phenolic OH excluding ortho intramolecular Hbond substituents is 1. The number of nitro benzene ring substituents is 1. The molecule has 3 rings (SSSR count). The predicted octanol–water partition coefficient (Wildman–Crippen LogP) is 3.09. The molecular weight excluding hydrogens is 458 g/mol. The number of nitrogens with zero attached hydrogens (tertiary/aromatic N) is 5. The summed E-state index contributed by atoms with van der Waals surface area (Å²) >= 11 is 3.17. The Balaban J connectivity index is 1.72. The summed E-state index contributed by atoms with van der Waals surface area (Å²) in [5.74, 6) is -0.933. The van der Waals surface area contributed by atoms with Crippen LogP contribution in [0.2, 0.25) is 0 Å². The monoisotopic (exact) mass is 471 g/mol. The molecule has 0 saturated heterocycles. The highest BCUT2D eigenvalue weighted by molar-refractivity contribution is 9.10. The van der Waals surface area contributed by atoms with E-state index in [-0.39, 0.29) is 11.4 Å². The molecule has 0 unspecified atom stereocenters. The Morgan fingerprint density at radius 3 is 2.70 bits per heavy atom. The van der Waals surface area contributed by atoms with Crippen LogP contribution in [-0.2, 0) is 0 Å². The number of rotatable bonds is 6. The third kappa shape index (κ3) is 4.91. The van der Waals surface area contributed by atoms with Gasteiger partial charge in [0.1, 0.15) is 6.33 Å². The van der Waals surface area contributed by atoms with Crippen LogP contribution >= 0.6 is 15.9 Å². The number of carbonyl (C=O) groups excluding carboxylic acids is 1. The number of aromatic nitrogens is 3. The summed E-state index contributed by atoms with van der Waals surface area (Å²) in [6, 6.07) is 9.63. The molecule has 0 spiro atoms. The number of aromatic hydroxyl groups is 1. The number of nitro groups is 1. The van der Waals surface area contributed by atoms with Crippen LogP contribution < -0.4 is 5.43 Å². The van der Waals surface area contributed by atoms with Crippen molar-refractivity contribution in [2.45, 2.75) is 6.92 Å². The average Bonchev–Trinajstić information content (AvgIpc) is 3.27. The fraction of sp³-hybridized carbons (Fsp3) is 0.0556. The lowest BCUT2D eigenvalue weighted by atomic mass is 10.1. The molecule has 0 aliphatic heterocycles. The highest BCUT2D eigenvalue weighted by Gasteiger charge is 2.17. The summed E-state index contributed by atoms with van der Waals surface area (Å²) < 4.78 is 0.447. The fourth-order valence-electron chi connectivity index (χ4n) is 2.34. The van der Waals surface area contributed by atoms with E-state index in [1.165, 1.54) is 24.7 Å². The van der Waals surface area contributed by atoms with Gasteiger partial charge in [0.05, 0.1) is 16.3 Å². The number of hydrogen-bond donors (Lipinski definition) is 3. The van der Waals surface area contributed by atoms with Gasteiger partial charge in [-0.15, -0.1) is 0 Å². The van der Waals surface area contributed by atoms with Gasteiger partial charge in [-0.3, -0.25) is 25.0 Å². The Labute approximate surface area is 177 Å². The van der Waals surface area contributed by atoms with Gasteiger partial charge < -0.3 is 5.11 Å². The number of hydrogen-bond acceptors (Lipinski definition) is 8. The number of benzene rings is 2. The van der Waals surface area contributed by atoms with E-state index in [1.54, 1.807) is 31.2 Å². The van der Waals surface area contributed by atoms with Crippen molar-refractivity contribution in [3.63, 3.8) is 0 Å². The third-order valence-electron chi connectivity index (χ3n) is 3.87. The van der Waals surface area contributed by atoms with E-state index in [0.717, 1.165) is 5.56 Å². The molecule has 12 heteroatoms. The first kappa shape index (κ1) is 20.8. The quantitative estimate of drug-likeness (QED) is 0.284. The van der Waals surface area contributed by atoms with Gasteiger partial charge >= 0.3 is 11.6 Å². The zero-order chi connectivity index (χ0) is 21.7. The summed E-state index contributed by atoms with van der Waals surface area (Å²) in [6.45, 7) is 1.72. The Morgan fingerprint density at radius 1 is 1.33 bits per heavy atom. The van der Waals surface area contributed by atoms with Gasteiger partial charge in [-0.2, -0.15) is 10.2 Å². The van der Waals surface area contributed by atoms with Crippen LogP contribution in [0.4, 0.5) is 11.4 Å². The minimum absolute atomic E-state index is 0.0484. The predicted molar refractivity (Wildman–Crippen MR) is 112 cm³/mol. The zero-order valence-electron chi connectivity index (χ0n) is 15.4. The summed E-state index contributed by atoms with van der Waals surface area (Å²) in [5.41, 5.74) is 4.01. The van der Waals surface area contributed by atoms with Crippen LogP contribution in [0.1, 0.15) is 28.7 Å². The maximum absolute atomic E-state index is 11.8. The molecule has 0 atom stereocenters. The average molecular weight is 472 g/mol. The van der Waals surface area contributed by atoms with Crippen LogP contribution in [0.3, 0.4) is 0 Å². The number of carbonyl (C=O) groups is 1. The van der Waals surface area contributed by atoms with Crippen LogP contribution in [0.5, 0.6) is 5.75 Å². The highest BCUT2D eigenvalue weighted by Crippen LogP contribution is 2.32. The molecule has 0 radical (unpaired) electrons. The van der Waals surface area contributed by atoms with Gasteiger partial charge in [-0.05, 0) is 30.7 Å². The number of halogens is 1. The van der Waals surface area contributed by atoms with Crippen molar-refractivity contribution in [2.24, 2.45) is 10.1 Å². The molecule has 3 N–H and O–H groups in total.